The second-order valence-electron chi connectivity index (χ2n) is 1.98. The Morgan fingerprint density at radius 3 is 2.70 bits per heavy atom. The van der Waals surface area contributed by atoms with Gasteiger partial charge in [-0.3, -0.25) is 4.79 Å². The van der Waals surface area contributed by atoms with Crippen molar-refractivity contribution in [3.63, 3.8) is 0 Å². The van der Waals surface area contributed by atoms with Gasteiger partial charge in [-0.2, -0.15) is 12.6 Å². The Bertz CT molecular complexity index is 240. The minimum atomic E-state index is 0.137. The molecule has 0 unspecified atom stereocenters. The van der Waals surface area contributed by atoms with Crippen LogP contribution < -0.4 is 0 Å². The monoisotopic (exact) mass is 172 g/mol. The van der Waals surface area contributed by atoms with Crippen LogP contribution in [0.4, 0.5) is 0 Å². The number of hydrogen-bond donors (Lipinski definition) is 1. The summed E-state index contributed by atoms with van der Waals surface area (Å²) in [7, 11) is 0. The third kappa shape index (κ3) is 1.61. The van der Waals surface area contributed by atoms with Gasteiger partial charge in [0.05, 0.1) is 4.88 Å². The smallest absolute Gasteiger partial charge is 0.169 e. The molecule has 54 valence electrons. The molecule has 0 aliphatic rings. The SMILES string of the molecule is CC(=O)c1ccc(CS)s1. The Morgan fingerprint density at radius 2 is 2.40 bits per heavy atom. The lowest BCUT2D eigenvalue weighted by molar-refractivity contribution is 0.102. The number of thiol groups is 1. The molecule has 0 radical (unpaired) electrons. The number of carbonyl (C=O) groups excluding carboxylic acids is 1. The van der Waals surface area contributed by atoms with Crippen LogP contribution in [0.15, 0.2) is 12.1 Å². The van der Waals surface area contributed by atoms with Crippen molar-refractivity contribution < 1.29 is 4.79 Å². The van der Waals surface area contributed by atoms with Gasteiger partial charge in [0, 0.05) is 10.6 Å². The summed E-state index contributed by atoms with van der Waals surface area (Å²) in [4.78, 5) is 12.7. The molecule has 1 aromatic heterocycles. The molecule has 1 rings (SSSR count). The fourth-order valence-corrected chi connectivity index (χ4v) is 1.71. The molecule has 0 aromatic carbocycles. The van der Waals surface area contributed by atoms with E-state index in [2.05, 4.69) is 12.6 Å². The van der Waals surface area contributed by atoms with Crippen LogP contribution in [0.25, 0.3) is 0 Å². The molecule has 0 saturated heterocycles. The van der Waals surface area contributed by atoms with Gasteiger partial charge in [-0.25, -0.2) is 0 Å². The predicted octanol–water partition coefficient (Wildman–Crippen LogP) is 2.38. The highest BCUT2D eigenvalue weighted by Gasteiger charge is 2.01. The largest absolute Gasteiger partial charge is 0.294 e. The van der Waals surface area contributed by atoms with Crippen LogP contribution in [0.1, 0.15) is 21.5 Å². The van der Waals surface area contributed by atoms with Crippen molar-refractivity contribution in [3.05, 3.63) is 21.9 Å². The first-order chi connectivity index (χ1) is 4.74. The maximum Gasteiger partial charge on any atom is 0.169 e. The van der Waals surface area contributed by atoms with Crippen molar-refractivity contribution in [2.45, 2.75) is 12.7 Å². The average Bonchev–Trinajstić information content (AvgIpc) is 2.34. The molecule has 1 heterocycles. The topological polar surface area (TPSA) is 17.1 Å². The third-order valence-corrected chi connectivity index (χ3v) is 2.91. The van der Waals surface area contributed by atoms with Crippen LogP contribution in [0.3, 0.4) is 0 Å². The van der Waals surface area contributed by atoms with E-state index in [0.29, 0.717) is 0 Å². The Kier molecular flexibility index (Phi) is 2.51. The summed E-state index contributed by atoms with van der Waals surface area (Å²) in [6.45, 7) is 1.58. The zero-order valence-electron chi connectivity index (χ0n) is 5.63. The van der Waals surface area contributed by atoms with Gasteiger partial charge in [0.2, 0.25) is 0 Å². The molecule has 0 saturated carbocycles. The molecular weight excluding hydrogens is 164 g/mol. The summed E-state index contributed by atoms with van der Waals surface area (Å²) in [5, 5.41) is 0. The first-order valence-corrected chi connectivity index (χ1v) is 4.39. The van der Waals surface area contributed by atoms with Crippen molar-refractivity contribution in [1.82, 2.24) is 0 Å². The highest BCUT2D eigenvalue weighted by Crippen LogP contribution is 2.17. The first-order valence-electron chi connectivity index (χ1n) is 2.94. The average molecular weight is 172 g/mol. The fourth-order valence-electron chi connectivity index (χ4n) is 0.652. The second kappa shape index (κ2) is 3.21. The molecule has 1 nitrogen and oxygen atoms in total. The van der Waals surface area contributed by atoms with E-state index < -0.39 is 0 Å². The Hall–Kier alpha value is -0.280. The maximum atomic E-state index is 10.8. The Labute approximate surface area is 69.5 Å². The molecule has 0 aliphatic heterocycles. The molecule has 0 N–H and O–H groups in total. The normalized spacial score (nSPS) is 9.80. The summed E-state index contributed by atoms with van der Waals surface area (Å²) in [6, 6.07) is 3.78. The number of carbonyl (C=O) groups is 1. The fraction of sp³-hybridized carbons (Fsp3) is 0.286. The van der Waals surface area contributed by atoms with Crippen LogP contribution in [0, 0.1) is 0 Å². The first kappa shape index (κ1) is 7.82. The zero-order valence-corrected chi connectivity index (χ0v) is 7.34. The molecule has 0 spiro atoms. The van der Waals surface area contributed by atoms with Gasteiger partial charge < -0.3 is 0 Å². The Balaban J connectivity index is 2.88. The molecule has 10 heavy (non-hydrogen) atoms. The van der Waals surface area contributed by atoms with E-state index in [-0.39, 0.29) is 5.78 Å². The van der Waals surface area contributed by atoms with Crippen LogP contribution in [0.2, 0.25) is 0 Å². The molecule has 0 amide bonds. The van der Waals surface area contributed by atoms with Crippen LogP contribution >= 0.6 is 24.0 Å². The molecule has 0 fully saturated rings. The molecule has 1 aromatic rings. The van der Waals surface area contributed by atoms with Crippen molar-refractivity contribution >= 4 is 29.7 Å². The lowest BCUT2D eigenvalue weighted by atomic mass is 10.3. The van der Waals surface area contributed by atoms with Gasteiger partial charge in [0.25, 0.3) is 0 Å². The van der Waals surface area contributed by atoms with E-state index in [1.165, 1.54) is 11.3 Å². The molecule has 0 aliphatic carbocycles. The van der Waals surface area contributed by atoms with Crippen molar-refractivity contribution in [1.29, 1.82) is 0 Å². The second-order valence-corrected chi connectivity index (χ2v) is 3.46. The van der Waals surface area contributed by atoms with Gasteiger partial charge >= 0.3 is 0 Å². The third-order valence-electron chi connectivity index (χ3n) is 1.16. The van der Waals surface area contributed by atoms with Gasteiger partial charge in [0.1, 0.15) is 0 Å². The molecule has 0 atom stereocenters. The lowest BCUT2D eigenvalue weighted by Crippen LogP contribution is -1.83. The van der Waals surface area contributed by atoms with Crippen molar-refractivity contribution in [2.24, 2.45) is 0 Å². The van der Waals surface area contributed by atoms with Crippen LogP contribution in [0.5, 0.6) is 0 Å². The van der Waals surface area contributed by atoms with Crippen molar-refractivity contribution in [2.75, 3.05) is 0 Å². The number of hydrogen-bond acceptors (Lipinski definition) is 3. The maximum absolute atomic E-state index is 10.8. The van der Waals surface area contributed by atoms with E-state index in [1.54, 1.807) is 6.92 Å². The van der Waals surface area contributed by atoms with E-state index >= 15 is 0 Å². The molecule has 3 heteroatoms. The van der Waals surface area contributed by atoms with Crippen LogP contribution in [-0.4, -0.2) is 5.78 Å². The van der Waals surface area contributed by atoms with Crippen molar-refractivity contribution in [3.8, 4) is 0 Å². The summed E-state index contributed by atoms with van der Waals surface area (Å²) in [5.41, 5.74) is 0. The summed E-state index contributed by atoms with van der Waals surface area (Å²) in [6.07, 6.45) is 0. The van der Waals surface area contributed by atoms with Crippen LogP contribution in [-0.2, 0) is 5.75 Å². The summed E-state index contributed by atoms with van der Waals surface area (Å²) in [5.74, 6) is 0.857. The highest BCUT2D eigenvalue weighted by molar-refractivity contribution is 7.79. The number of ketones is 1. The van der Waals surface area contributed by atoms with E-state index in [9.17, 15) is 4.79 Å². The minimum Gasteiger partial charge on any atom is -0.294 e. The summed E-state index contributed by atoms with van der Waals surface area (Å²) >= 11 is 5.61. The number of rotatable bonds is 2. The lowest BCUT2D eigenvalue weighted by Gasteiger charge is -1.83. The van der Waals surface area contributed by atoms with E-state index in [1.807, 2.05) is 12.1 Å². The minimum absolute atomic E-state index is 0.137. The van der Waals surface area contributed by atoms with E-state index in [0.717, 1.165) is 15.5 Å². The predicted molar refractivity (Wildman–Crippen MR) is 47.0 cm³/mol. The standard InChI is InChI=1S/C7H8OS2/c1-5(8)7-3-2-6(4-9)10-7/h2-3,9H,4H2,1H3. The van der Waals surface area contributed by atoms with Gasteiger partial charge in [-0.05, 0) is 19.1 Å². The Morgan fingerprint density at radius 1 is 1.70 bits per heavy atom. The number of Topliss-reactive ketones (excluding diaryl/α,β-unsaturated/α-hetero) is 1. The quantitative estimate of drug-likeness (QED) is 0.535. The number of thiophene rings is 1. The van der Waals surface area contributed by atoms with E-state index in [4.69, 9.17) is 0 Å². The van der Waals surface area contributed by atoms with Gasteiger partial charge in [0.15, 0.2) is 5.78 Å². The molecule has 0 bridgehead atoms. The zero-order chi connectivity index (χ0) is 7.56. The highest BCUT2D eigenvalue weighted by atomic mass is 32.1. The summed E-state index contributed by atoms with van der Waals surface area (Å²) < 4.78 is 0. The molecular formula is C7H8OS2. The van der Waals surface area contributed by atoms with Gasteiger partial charge in [-0.1, -0.05) is 0 Å². The van der Waals surface area contributed by atoms with Gasteiger partial charge in [-0.15, -0.1) is 11.3 Å².